The number of rotatable bonds is 0. The second-order valence-electron chi connectivity index (χ2n) is 1.21. The molecule has 0 atom stereocenters. The Morgan fingerprint density at radius 3 is 2.22 bits per heavy atom. The second kappa shape index (κ2) is 2.73. The van der Waals surface area contributed by atoms with E-state index in [2.05, 4.69) is 15.5 Å². The van der Waals surface area contributed by atoms with Crippen LogP contribution in [0.25, 0.3) is 0 Å². The molecular weight excluding hydrogens is 184 g/mol. The smallest absolute Gasteiger partial charge is 0.263 e. The lowest BCUT2D eigenvalue weighted by Crippen LogP contribution is -2.19. The number of nitrogens with one attached hydrogen (secondary N) is 1. The third-order valence-corrected chi connectivity index (χ3v) is 1.41. The van der Waals surface area contributed by atoms with E-state index < -0.39 is 0 Å². The van der Waals surface area contributed by atoms with Crippen LogP contribution in [-0.2, 0) is 0 Å². The molecule has 0 spiro atoms. The van der Waals surface area contributed by atoms with Crippen LogP contribution in [0.2, 0.25) is 0 Å². The van der Waals surface area contributed by atoms with Crippen molar-refractivity contribution >= 4 is 45.1 Å². The SMILES string of the molecule is Cl[C]1N=C(Cl)C(Cl)=NN1. The van der Waals surface area contributed by atoms with Gasteiger partial charge in [0.05, 0.1) is 0 Å². The van der Waals surface area contributed by atoms with E-state index in [1.54, 1.807) is 0 Å². The van der Waals surface area contributed by atoms with Gasteiger partial charge in [-0.1, -0.05) is 34.8 Å². The Morgan fingerprint density at radius 1 is 1.11 bits per heavy atom. The zero-order chi connectivity index (χ0) is 6.85. The molecule has 0 aliphatic carbocycles. The highest BCUT2D eigenvalue weighted by Gasteiger charge is 2.13. The van der Waals surface area contributed by atoms with Crippen molar-refractivity contribution in [1.82, 2.24) is 5.43 Å². The fourth-order valence-corrected chi connectivity index (χ4v) is 0.680. The Morgan fingerprint density at radius 2 is 1.78 bits per heavy atom. The van der Waals surface area contributed by atoms with Crippen molar-refractivity contribution in [3.63, 3.8) is 0 Å². The van der Waals surface area contributed by atoms with Gasteiger partial charge in [0.15, 0.2) is 10.3 Å². The van der Waals surface area contributed by atoms with E-state index >= 15 is 0 Å². The second-order valence-corrected chi connectivity index (χ2v) is 2.28. The molecule has 0 saturated carbocycles. The Balaban J connectivity index is 2.75. The lowest BCUT2D eigenvalue weighted by molar-refractivity contribution is 0.824. The van der Waals surface area contributed by atoms with Crippen molar-refractivity contribution in [3.8, 4) is 0 Å². The first-order chi connectivity index (χ1) is 4.20. The molecule has 0 amide bonds. The lowest BCUT2D eigenvalue weighted by Gasteiger charge is -2.07. The number of aliphatic imine (C=N–C) groups is 1. The molecule has 0 aromatic heterocycles. The average molecular weight is 185 g/mol. The molecule has 0 aromatic rings. The van der Waals surface area contributed by atoms with Crippen LogP contribution in [0.5, 0.6) is 0 Å². The van der Waals surface area contributed by atoms with E-state index in [0.717, 1.165) is 0 Å². The number of hydrogen-bond donors (Lipinski definition) is 1. The number of nitrogens with zero attached hydrogens (tertiary/aromatic N) is 2. The van der Waals surface area contributed by atoms with Gasteiger partial charge in [0, 0.05) is 0 Å². The van der Waals surface area contributed by atoms with Crippen LogP contribution in [0.1, 0.15) is 0 Å². The fourth-order valence-electron chi connectivity index (χ4n) is 0.299. The first-order valence-corrected chi connectivity index (χ1v) is 3.10. The van der Waals surface area contributed by atoms with Crippen molar-refractivity contribution in [2.24, 2.45) is 10.1 Å². The van der Waals surface area contributed by atoms with E-state index in [-0.39, 0.29) is 16.0 Å². The van der Waals surface area contributed by atoms with Gasteiger partial charge >= 0.3 is 0 Å². The van der Waals surface area contributed by atoms with Gasteiger partial charge in [-0.05, 0) is 0 Å². The minimum absolute atomic E-state index is 0.0976. The minimum atomic E-state index is 0.0976. The topological polar surface area (TPSA) is 36.8 Å². The van der Waals surface area contributed by atoms with Gasteiger partial charge in [-0.25, -0.2) is 4.99 Å². The maximum absolute atomic E-state index is 5.40. The van der Waals surface area contributed by atoms with Gasteiger partial charge in [0.1, 0.15) is 0 Å². The van der Waals surface area contributed by atoms with E-state index in [0.29, 0.717) is 0 Å². The average Bonchev–Trinajstić information content (AvgIpc) is 1.80. The maximum Gasteiger partial charge on any atom is 0.283 e. The van der Waals surface area contributed by atoms with Gasteiger partial charge in [-0.2, -0.15) is 5.10 Å². The summed E-state index contributed by atoms with van der Waals surface area (Å²) in [6.45, 7) is 0. The van der Waals surface area contributed by atoms with E-state index in [1.165, 1.54) is 0 Å². The number of hydrogen-bond acceptors (Lipinski definition) is 3. The fraction of sp³-hybridized carbons (Fsp3) is 0. The summed E-state index contributed by atoms with van der Waals surface area (Å²) in [4.78, 5) is 3.55. The molecule has 9 heavy (non-hydrogen) atoms. The molecule has 1 heterocycles. The zero-order valence-electron chi connectivity index (χ0n) is 4.03. The molecule has 1 rings (SSSR count). The van der Waals surface area contributed by atoms with Gasteiger partial charge in [-0.3, -0.25) is 5.43 Å². The van der Waals surface area contributed by atoms with Gasteiger partial charge in [-0.15, -0.1) is 0 Å². The third-order valence-electron chi connectivity index (χ3n) is 0.613. The van der Waals surface area contributed by atoms with Gasteiger partial charge < -0.3 is 0 Å². The highest BCUT2D eigenvalue weighted by atomic mass is 35.5. The standard InChI is InChI=1S/C3HCl3N3/c4-1-2(5)8-9-3(6)7-1/h9H. The molecule has 1 aliphatic rings. The largest absolute Gasteiger partial charge is 0.283 e. The van der Waals surface area contributed by atoms with Crippen molar-refractivity contribution < 1.29 is 0 Å². The predicted molar refractivity (Wildman–Crippen MR) is 38.8 cm³/mol. The van der Waals surface area contributed by atoms with Crippen molar-refractivity contribution in [1.29, 1.82) is 0 Å². The highest BCUT2D eigenvalue weighted by Crippen LogP contribution is 2.11. The summed E-state index contributed by atoms with van der Waals surface area (Å²) in [6, 6.07) is 0. The van der Waals surface area contributed by atoms with Gasteiger partial charge in [0.25, 0.3) is 5.62 Å². The van der Waals surface area contributed by atoms with E-state index in [1.807, 2.05) is 0 Å². The molecule has 49 valence electrons. The summed E-state index contributed by atoms with van der Waals surface area (Å²) in [5.41, 5.74) is 2.44. The Labute approximate surface area is 66.7 Å². The van der Waals surface area contributed by atoms with Crippen molar-refractivity contribution in [2.45, 2.75) is 0 Å². The molecule has 0 bridgehead atoms. The molecule has 0 fully saturated rings. The van der Waals surface area contributed by atoms with E-state index in [4.69, 9.17) is 34.8 Å². The molecule has 0 aromatic carbocycles. The summed E-state index contributed by atoms with van der Waals surface area (Å²) >= 11 is 16.1. The van der Waals surface area contributed by atoms with Crippen LogP contribution in [0, 0.1) is 5.62 Å². The molecule has 0 saturated heterocycles. The molecule has 3 nitrogen and oxygen atoms in total. The maximum atomic E-state index is 5.40. The third kappa shape index (κ3) is 1.71. The van der Waals surface area contributed by atoms with Crippen LogP contribution < -0.4 is 5.43 Å². The van der Waals surface area contributed by atoms with Crippen LogP contribution >= 0.6 is 34.8 Å². The quantitative estimate of drug-likeness (QED) is 0.570. The van der Waals surface area contributed by atoms with Crippen LogP contribution in [0.15, 0.2) is 10.1 Å². The predicted octanol–water partition coefficient (Wildman–Crippen LogP) is 1.46. The first-order valence-electron chi connectivity index (χ1n) is 1.96. The molecule has 0 unspecified atom stereocenters. The van der Waals surface area contributed by atoms with Crippen LogP contribution in [0.3, 0.4) is 0 Å². The van der Waals surface area contributed by atoms with Crippen LogP contribution in [-0.4, -0.2) is 10.3 Å². The van der Waals surface area contributed by atoms with Gasteiger partial charge in [0.2, 0.25) is 0 Å². The summed E-state index contributed by atoms with van der Waals surface area (Å²) in [7, 11) is 0. The summed E-state index contributed by atoms with van der Waals surface area (Å²) < 4.78 is 0. The molecule has 1 N–H and O–H groups in total. The molecular formula is C3HCl3N3. The summed E-state index contributed by atoms with van der Waals surface area (Å²) in [5.74, 6) is 0. The van der Waals surface area contributed by atoms with Crippen molar-refractivity contribution in [3.05, 3.63) is 5.62 Å². The Bertz CT molecular complexity index is 175. The molecule has 1 radical (unpaired) electrons. The Hall–Kier alpha value is 0.01000. The molecule has 1 aliphatic heterocycles. The monoisotopic (exact) mass is 184 g/mol. The van der Waals surface area contributed by atoms with Crippen molar-refractivity contribution in [2.75, 3.05) is 0 Å². The normalized spacial score (nSPS) is 20.3. The summed E-state index contributed by atoms with van der Waals surface area (Å²) in [5, 5.41) is 3.70. The van der Waals surface area contributed by atoms with E-state index in [9.17, 15) is 0 Å². The molecule has 6 heteroatoms. The highest BCUT2D eigenvalue weighted by molar-refractivity contribution is 7.00. The minimum Gasteiger partial charge on any atom is -0.263 e. The Kier molecular flexibility index (Phi) is 2.16. The first kappa shape index (κ1) is 7.12. The zero-order valence-corrected chi connectivity index (χ0v) is 6.30. The number of hydrazone groups is 1. The van der Waals surface area contributed by atoms with Crippen LogP contribution in [0.4, 0.5) is 0 Å². The lowest BCUT2D eigenvalue weighted by atomic mass is 10.7. The number of halogens is 3. The summed E-state index contributed by atoms with van der Waals surface area (Å²) in [6.07, 6.45) is 0.